The third-order valence-corrected chi connectivity index (χ3v) is 4.82. The van der Waals surface area contributed by atoms with Crippen LogP contribution in [0, 0.1) is 0 Å². The molecule has 0 radical (unpaired) electrons. The van der Waals surface area contributed by atoms with Crippen LogP contribution in [0.1, 0.15) is 21.0 Å². The van der Waals surface area contributed by atoms with Gasteiger partial charge >= 0.3 is 11.9 Å². The number of nitrogens with zero attached hydrogens (tertiary/aromatic N) is 2. The summed E-state index contributed by atoms with van der Waals surface area (Å²) < 4.78 is 0. The lowest BCUT2D eigenvalue weighted by molar-refractivity contribution is 0.0680. The van der Waals surface area contributed by atoms with E-state index in [0.29, 0.717) is 0 Å². The maximum Gasteiger partial charge on any atom is 0.356 e. The van der Waals surface area contributed by atoms with E-state index in [-0.39, 0.29) is 41.8 Å². The zero-order valence-electron chi connectivity index (χ0n) is 12.0. The fourth-order valence-electron chi connectivity index (χ4n) is 1.35. The first-order chi connectivity index (χ1) is 11.9. The SMILES string of the molecule is Nc1c(Cl)c(Cl)nc(C(=O)O)c1Cl.Nc1c(Cl)c(Cl)nc(C(=O)O)c1Cl. The number of hydrogen-bond acceptors (Lipinski definition) is 6. The van der Waals surface area contributed by atoms with Gasteiger partial charge < -0.3 is 21.7 Å². The van der Waals surface area contributed by atoms with E-state index >= 15 is 0 Å². The highest BCUT2D eigenvalue weighted by Gasteiger charge is 2.19. The van der Waals surface area contributed by atoms with Gasteiger partial charge in [-0.25, -0.2) is 19.6 Å². The molecule has 0 aromatic carbocycles. The van der Waals surface area contributed by atoms with Crippen molar-refractivity contribution < 1.29 is 19.8 Å². The van der Waals surface area contributed by atoms with Crippen LogP contribution in [-0.2, 0) is 0 Å². The summed E-state index contributed by atoms with van der Waals surface area (Å²) in [6, 6.07) is 0. The highest BCUT2D eigenvalue weighted by Crippen LogP contribution is 2.35. The van der Waals surface area contributed by atoms with Gasteiger partial charge in [0.2, 0.25) is 0 Å². The van der Waals surface area contributed by atoms with E-state index < -0.39 is 23.3 Å². The van der Waals surface area contributed by atoms with Crippen LogP contribution in [0.25, 0.3) is 0 Å². The van der Waals surface area contributed by atoms with Crippen molar-refractivity contribution in [3.05, 3.63) is 41.8 Å². The van der Waals surface area contributed by atoms with Crippen LogP contribution in [0.5, 0.6) is 0 Å². The minimum atomic E-state index is -1.31. The largest absolute Gasteiger partial charge is 0.476 e. The van der Waals surface area contributed by atoms with Gasteiger partial charge in [-0.1, -0.05) is 69.6 Å². The van der Waals surface area contributed by atoms with Gasteiger partial charge in [-0.15, -0.1) is 0 Å². The molecule has 0 saturated heterocycles. The lowest BCUT2D eigenvalue weighted by atomic mass is 10.3. The summed E-state index contributed by atoms with van der Waals surface area (Å²) in [6.45, 7) is 0. The highest BCUT2D eigenvalue weighted by atomic mass is 35.5. The molecule has 140 valence electrons. The zero-order chi connectivity index (χ0) is 20.3. The van der Waals surface area contributed by atoms with Crippen molar-refractivity contribution in [1.82, 2.24) is 9.97 Å². The quantitative estimate of drug-likeness (QED) is 0.451. The van der Waals surface area contributed by atoms with Crippen LogP contribution in [0.3, 0.4) is 0 Å². The van der Waals surface area contributed by atoms with E-state index in [1.807, 2.05) is 0 Å². The number of hydrogen-bond donors (Lipinski definition) is 4. The van der Waals surface area contributed by atoms with Crippen LogP contribution < -0.4 is 11.5 Å². The molecule has 2 rings (SSSR count). The Labute approximate surface area is 175 Å². The molecular weight excluding hydrogens is 477 g/mol. The number of nitrogen functional groups attached to an aromatic ring is 2. The number of halogens is 6. The lowest BCUT2D eigenvalue weighted by Gasteiger charge is -2.04. The Morgan fingerprint density at radius 2 is 0.923 bits per heavy atom. The van der Waals surface area contributed by atoms with E-state index in [2.05, 4.69) is 9.97 Å². The summed E-state index contributed by atoms with van der Waals surface area (Å²) in [5, 5.41) is 16.3. The molecule has 26 heavy (non-hydrogen) atoms. The average molecular weight is 483 g/mol. The van der Waals surface area contributed by atoms with Crippen molar-refractivity contribution >= 4 is 92.9 Å². The van der Waals surface area contributed by atoms with E-state index in [1.165, 1.54) is 0 Å². The Hall–Kier alpha value is -1.42. The second kappa shape index (κ2) is 8.98. The van der Waals surface area contributed by atoms with E-state index in [9.17, 15) is 9.59 Å². The molecule has 0 bridgehead atoms. The molecular formula is C12H6Cl6N4O4. The monoisotopic (exact) mass is 480 g/mol. The number of carboxylic acids is 2. The number of anilines is 2. The zero-order valence-corrected chi connectivity index (χ0v) is 16.6. The molecule has 2 aromatic heterocycles. The average Bonchev–Trinajstić information content (AvgIpc) is 2.57. The van der Waals surface area contributed by atoms with Crippen molar-refractivity contribution in [3.8, 4) is 0 Å². The molecule has 6 N–H and O–H groups in total. The number of nitrogens with two attached hydrogens (primary N) is 2. The smallest absolute Gasteiger partial charge is 0.356 e. The number of aromatic carboxylic acids is 2. The van der Waals surface area contributed by atoms with Crippen molar-refractivity contribution in [1.29, 1.82) is 0 Å². The number of aromatic nitrogens is 2. The van der Waals surface area contributed by atoms with Crippen LogP contribution in [0.4, 0.5) is 11.4 Å². The first-order valence-electron chi connectivity index (χ1n) is 5.96. The van der Waals surface area contributed by atoms with Crippen LogP contribution in [0.2, 0.25) is 30.4 Å². The molecule has 0 aliphatic rings. The molecule has 0 unspecified atom stereocenters. The van der Waals surface area contributed by atoms with Crippen molar-refractivity contribution in [2.24, 2.45) is 0 Å². The van der Waals surface area contributed by atoms with Crippen molar-refractivity contribution in [3.63, 3.8) is 0 Å². The summed E-state index contributed by atoms with van der Waals surface area (Å²) in [6.07, 6.45) is 0. The van der Waals surface area contributed by atoms with Gasteiger partial charge in [0, 0.05) is 0 Å². The fraction of sp³-hybridized carbons (Fsp3) is 0. The molecule has 2 aromatic rings. The van der Waals surface area contributed by atoms with Crippen molar-refractivity contribution in [2.75, 3.05) is 11.5 Å². The predicted octanol–water partition coefficient (Wildman–Crippen LogP) is 4.64. The Morgan fingerprint density at radius 1 is 0.654 bits per heavy atom. The Kier molecular flexibility index (Phi) is 7.82. The maximum absolute atomic E-state index is 10.5. The molecule has 0 aliphatic heterocycles. The first-order valence-corrected chi connectivity index (χ1v) is 8.23. The first kappa shape index (κ1) is 22.6. The van der Waals surface area contributed by atoms with Crippen molar-refractivity contribution in [2.45, 2.75) is 0 Å². The summed E-state index contributed by atoms with van der Waals surface area (Å²) in [7, 11) is 0. The summed E-state index contributed by atoms with van der Waals surface area (Å²) >= 11 is 33.2. The van der Waals surface area contributed by atoms with Gasteiger partial charge in [-0.05, 0) is 0 Å². The molecule has 0 amide bonds. The minimum Gasteiger partial charge on any atom is -0.476 e. The second-order valence-corrected chi connectivity index (χ2v) is 6.42. The Bertz CT molecular complexity index is 835. The maximum atomic E-state index is 10.5. The van der Waals surface area contributed by atoms with Gasteiger partial charge in [0.05, 0.1) is 21.4 Å². The van der Waals surface area contributed by atoms with Gasteiger partial charge in [0.1, 0.15) is 10.0 Å². The standard InChI is InChI=1S/2C6H3Cl3N2O2/c2*7-1-3(10)2(8)5(9)11-4(1)6(12)13/h2*(H2,10,11)(H,12,13). The molecule has 8 nitrogen and oxygen atoms in total. The van der Waals surface area contributed by atoms with E-state index in [0.717, 1.165) is 0 Å². The molecule has 0 atom stereocenters. The molecule has 2 heterocycles. The number of rotatable bonds is 2. The molecule has 0 aliphatic carbocycles. The minimum absolute atomic E-state index is 0.0448. The molecule has 0 spiro atoms. The van der Waals surface area contributed by atoms with Gasteiger partial charge in [0.15, 0.2) is 21.7 Å². The van der Waals surface area contributed by atoms with Gasteiger partial charge in [0.25, 0.3) is 0 Å². The summed E-state index contributed by atoms with van der Waals surface area (Å²) in [4.78, 5) is 28.0. The molecule has 0 fully saturated rings. The normalized spacial score (nSPS) is 10.1. The Morgan fingerprint density at radius 3 is 1.15 bits per heavy atom. The van der Waals surface area contributed by atoms with Crippen LogP contribution in [-0.4, -0.2) is 32.1 Å². The van der Waals surface area contributed by atoms with Crippen LogP contribution in [0.15, 0.2) is 0 Å². The molecule has 14 heteroatoms. The fourth-order valence-corrected chi connectivity index (χ4v) is 2.52. The molecule has 0 saturated carbocycles. The summed E-state index contributed by atoms with van der Waals surface area (Å²) in [5.41, 5.74) is 9.76. The predicted molar refractivity (Wildman–Crippen MR) is 101 cm³/mol. The second-order valence-electron chi connectivity index (χ2n) is 4.20. The van der Waals surface area contributed by atoms with Gasteiger partial charge in [-0.3, -0.25) is 0 Å². The van der Waals surface area contributed by atoms with Crippen LogP contribution >= 0.6 is 69.6 Å². The third-order valence-electron chi connectivity index (χ3n) is 2.55. The van der Waals surface area contributed by atoms with E-state index in [1.54, 1.807) is 0 Å². The topological polar surface area (TPSA) is 152 Å². The third kappa shape index (κ3) is 4.85. The Balaban J connectivity index is 0.000000260. The lowest BCUT2D eigenvalue weighted by Crippen LogP contribution is -2.04. The number of carbonyl (C=O) groups is 2. The van der Waals surface area contributed by atoms with E-state index in [4.69, 9.17) is 91.3 Å². The summed E-state index contributed by atoms with van der Waals surface area (Å²) in [5.74, 6) is -2.62. The number of carboxylic acid groups (broad SMARTS) is 2. The number of pyridine rings is 2. The van der Waals surface area contributed by atoms with Gasteiger partial charge in [-0.2, -0.15) is 0 Å². The highest BCUT2D eigenvalue weighted by molar-refractivity contribution is 6.46.